The fraction of sp³-hybridized carbons (Fsp3) is 0.0526. The maximum absolute atomic E-state index is 13.3. The first-order chi connectivity index (χ1) is 11.9. The Kier molecular flexibility index (Phi) is 4.52. The second kappa shape index (κ2) is 6.76. The Labute approximate surface area is 141 Å². The number of allylic oxidation sites excluding steroid dienone is 1. The van der Waals surface area contributed by atoms with E-state index in [0.717, 1.165) is 10.9 Å². The van der Waals surface area contributed by atoms with E-state index < -0.39 is 17.7 Å². The van der Waals surface area contributed by atoms with Crippen molar-refractivity contribution in [1.82, 2.24) is 4.98 Å². The number of carbonyl (C=O) groups is 1. The number of pyridine rings is 1. The zero-order valence-corrected chi connectivity index (χ0v) is 12.9. The number of fused-ring (bicyclic) bond motifs is 1. The summed E-state index contributed by atoms with van der Waals surface area (Å²) in [5, 5.41) is 3.24. The average molecular weight is 342 g/mol. The molecule has 0 atom stereocenters. The molecule has 0 aliphatic heterocycles. The van der Waals surface area contributed by atoms with Gasteiger partial charge in [-0.15, -0.1) is 0 Å². The first-order valence-corrected chi connectivity index (χ1v) is 7.43. The zero-order chi connectivity index (χ0) is 17.9. The molecular formula is C19H13F3N2O. The topological polar surface area (TPSA) is 42.0 Å². The third kappa shape index (κ3) is 4.03. The number of nitrogens with one attached hydrogen (secondary N) is 1. The molecule has 0 unspecified atom stereocenters. The van der Waals surface area contributed by atoms with Gasteiger partial charge in [0.25, 0.3) is 0 Å². The SMILES string of the molecule is O=C(/C=C(\c1ccccc1)C(F)(F)F)Nc1ccc2ncccc2c1. The highest BCUT2D eigenvalue weighted by atomic mass is 19.4. The molecule has 1 aromatic heterocycles. The highest BCUT2D eigenvalue weighted by molar-refractivity contribution is 6.05. The van der Waals surface area contributed by atoms with Crippen LogP contribution in [0.5, 0.6) is 0 Å². The Morgan fingerprint density at radius 2 is 1.76 bits per heavy atom. The standard InChI is InChI=1S/C19H13F3N2O/c20-19(21,22)16(13-5-2-1-3-6-13)12-18(25)24-15-8-9-17-14(11-15)7-4-10-23-17/h1-12H,(H,24,25)/b16-12+. The number of nitrogens with zero attached hydrogens (tertiary/aromatic N) is 1. The highest BCUT2D eigenvalue weighted by Crippen LogP contribution is 2.33. The molecule has 1 N–H and O–H groups in total. The first kappa shape index (κ1) is 16.7. The summed E-state index contributed by atoms with van der Waals surface area (Å²) in [5.41, 5.74) is 0.0774. The Balaban J connectivity index is 1.88. The minimum atomic E-state index is -4.63. The van der Waals surface area contributed by atoms with Crippen LogP contribution >= 0.6 is 0 Å². The van der Waals surface area contributed by atoms with Gasteiger partial charge in [-0.05, 0) is 29.8 Å². The molecule has 3 nitrogen and oxygen atoms in total. The van der Waals surface area contributed by atoms with E-state index in [0.29, 0.717) is 11.8 Å². The Morgan fingerprint density at radius 1 is 1.00 bits per heavy atom. The van der Waals surface area contributed by atoms with Crippen molar-refractivity contribution in [2.75, 3.05) is 5.32 Å². The monoisotopic (exact) mass is 342 g/mol. The van der Waals surface area contributed by atoms with Gasteiger partial charge in [-0.1, -0.05) is 36.4 Å². The van der Waals surface area contributed by atoms with E-state index in [9.17, 15) is 18.0 Å². The summed E-state index contributed by atoms with van der Waals surface area (Å²) in [6.45, 7) is 0. The summed E-state index contributed by atoms with van der Waals surface area (Å²) < 4.78 is 39.8. The molecule has 0 spiro atoms. The second-order valence-corrected chi connectivity index (χ2v) is 5.32. The highest BCUT2D eigenvalue weighted by Gasteiger charge is 2.35. The van der Waals surface area contributed by atoms with Crippen molar-refractivity contribution in [1.29, 1.82) is 0 Å². The van der Waals surface area contributed by atoms with Crippen molar-refractivity contribution < 1.29 is 18.0 Å². The van der Waals surface area contributed by atoms with E-state index >= 15 is 0 Å². The Hall–Kier alpha value is -3.15. The molecule has 3 aromatic rings. The van der Waals surface area contributed by atoms with Crippen LogP contribution in [0.1, 0.15) is 5.56 Å². The minimum absolute atomic E-state index is 0.0622. The van der Waals surface area contributed by atoms with E-state index in [1.807, 2.05) is 0 Å². The third-order valence-electron chi connectivity index (χ3n) is 3.54. The molecule has 0 fully saturated rings. The van der Waals surface area contributed by atoms with Gasteiger partial charge in [-0.25, -0.2) is 0 Å². The molecule has 0 saturated carbocycles. The van der Waals surface area contributed by atoms with Crippen LogP contribution in [0.15, 0.2) is 72.9 Å². The van der Waals surface area contributed by atoms with Gasteiger partial charge in [0.15, 0.2) is 0 Å². The summed E-state index contributed by atoms with van der Waals surface area (Å²) in [5.74, 6) is -0.848. The van der Waals surface area contributed by atoms with Gasteiger partial charge in [0.05, 0.1) is 11.1 Å². The maximum Gasteiger partial charge on any atom is 0.417 e. The number of anilines is 1. The van der Waals surface area contributed by atoms with Crippen molar-refractivity contribution in [3.05, 3.63) is 78.5 Å². The Bertz CT molecular complexity index is 934. The van der Waals surface area contributed by atoms with Crippen molar-refractivity contribution in [3.8, 4) is 0 Å². The van der Waals surface area contributed by atoms with Crippen LogP contribution in [-0.2, 0) is 4.79 Å². The van der Waals surface area contributed by atoms with Crippen LogP contribution in [-0.4, -0.2) is 17.1 Å². The predicted octanol–water partition coefficient (Wildman–Crippen LogP) is 4.82. The van der Waals surface area contributed by atoms with Crippen molar-refractivity contribution in [2.24, 2.45) is 0 Å². The van der Waals surface area contributed by atoms with Crippen LogP contribution in [0.25, 0.3) is 16.5 Å². The van der Waals surface area contributed by atoms with E-state index in [4.69, 9.17) is 0 Å². The summed E-state index contributed by atoms with van der Waals surface area (Å²) in [6.07, 6.45) is -2.42. The largest absolute Gasteiger partial charge is 0.417 e. The van der Waals surface area contributed by atoms with E-state index in [-0.39, 0.29) is 5.56 Å². The van der Waals surface area contributed by atoms with Crippen LogP contribution in [0.4, 0.5) is 18.9 Å². The summed E-state index contributed by atoms with van der Waals surface area (Å²) in [6, 6.07) is 15.7. The molecule has 126 valence electrons. The maximum atomic E-state index is 13.3. The number of aromatic nitrogens is 1. The van der Waals surface area contributed by atoms with Gasteiger partial charge in [0.2, 0.25) is 5.91 Å². The fourth-order valence-electron chi connectivity index (χ4n) is 2.41. The van der Waals surface area contributed by atoms with Crippen molar-refractivity contribution in [2.45, 2.75) is 6.18 Å². The number of halogens is 3. The van der Waals surface area contributed by atoms with Crippen LogP contribution in [0.3, 0.4) is 0 Å². The van der Waals surface area contributed by atoms with Gasteiger partial charge < -0.3 is 5.32 Å². The molecule has 1 heterocycles. The molecule has 6 heteroatoms. The molecule has 0 saturated heterocycles. The summed E-state index contributed by atoms with van der Waals surface area (Å²) in [7, 11) is 0. The van der Waals surface area contributed by atoms with Gasteiger partial charge >= 0.3 is 6.18 Å². The lowest BCUT2D eigenvalue weighted by Crippen LogP contribution is -2.16. The number of amides is 1. The van der Waals surface area contributed by atoms with Gasteiger partial charge in [0, 0.05) is 23.3 Å². The second-order valence-electron chi connectivity index (χ2n) is 5.32. The van der Waals surface area contributed by atoms with Crippen LogP contribution < -0.4 is 5.32 Å². The summed E-state index contributed by atoms with van der Waals surface area (Å²) in [4.78, 5) is 16.2. The molecule has 0 aliphatic rings. The normalized spacial score (nSPS) is 12.2. The van der Waals surface area contributed by atoms with Crippen LogP contribution in [0.2, 0.25) is 0 Å². The molecule has 25 heavy (non-hydrogen) atoms. The molecule has 3 rings (SSSR count). The number of carbonyl (C=O) groups excluding carboxylic acids is 1. The number of alkyl halides is 3. The molecular weight excluding hydrogens is 329 g/mol. The number of rotatable bonds is 3. The fourth-order valence-corrected chi connectivity index (χ4v) is 2.41. The lowest BCUT2D eigenvalue weighted by Gasteiger charge is -2.12. The van der Waals surface area contributed by atoms with Gasteiger partial charge in [0.1, 0.15) is 0 Å². The smallest absolute Gasteiger partial charge is 0.322 e. The number of benzene rings is 2. The first-order valence-electron chi connectivity index (χ1n) is 7.43. The Morgan fingerprint density at radius 3 is 2.48 bits per heavy atom. The lowest BCUT2D eigenvalue weighted by atomic mass is 10.1. The minimum Gasteiger partial charge on any atom is -0.322 e. The van der Waals surface area contributed by atoms with E-state index in [1.54, 1.807) is 42.6 Å². The van der Waals surface area contributed by atoms with Gasteiger partial charge in [-0.2, -0.15) is 13.2 Å². The van der Waals surface area contributed by atoms with E-state index in [1.165, 1.54) is 24.3 Å². The summed E-state index contributed by atoms with van der Waals surface area (Å²) >= 11 is 0. The molecule has 0 radical (unpaired) electrons. The van der Waals surface area contributed by atoms with Crippen LogP contribution in [0, 0.1) is 0 Å². The predicted molar refractivity (Wildman–Crippen MR) is 90.8 cm³/mol. The van der Waals surface area contributed by atoms with Crippen molar-refractivity contribution >= 4 is 28.1 Å². The quantitative estimate of drug-likeness (QED) is 0.694. The third-order valence-corrected chi connectivity index (χ3v) is 3.54. The number of hydrogen-bond donors (Lipinski definition) is 1. The lowest BCUT2D eigenvalue weighted by molar-refractivity contribution is -0.112. The molecule has 2 aromatic carbocycles. The van der Waals surface area contributed by atoms with E-state index in [2.05, 4.69) is 10.3 Å². The molecule has 1 amide bonds. The molecule has 0 bridgehead atoms. The molecule has 0 aliphatic carbocycles. The average Bonchev–Trinajstić information content (AvgIpc) is 2.59. The van der Waals surface area contributed by atoms with Crippen molar-refractivity contribution in [3.63, 3.8) is 0 Å². The number of hydrogen-bond acceptors (Lipinski definition) is 2. The van der Waals surface area contributed by atoms with Gasteiger partial charge in [-0.3, -0.25) is 9.78 Å². The zero-order valence-electron chi connectivity index (χ0n) is 12.9.